The molecule has 5 nitrogen and oxygen atoms in total. The molecule has 0 amide bonds. The molecule has 0 aliphatic carbocycles. The van der Waals surface area contributed by atoms with Gasteiger partial charge in [-0.1, -0.05) is 0 Å². The summed E-state index contributed by atoms with van der Waals surface area (Å²) >= 11 is 0. The van der Waals surface area contributed by atoms with Crippen molar-refractivity contribution in [3.63, 3.8) is 0 Å². The zero-order valence-corrected chi connectivity index (χ0v) is 12.0. The lowest BCUT2D eigenvalue weighted by Crippen LogP contribution is -2.46. The standard InChI is InChI=1S/C15H21N3O2/c1-11-3-4-13(20-11)14-12(10-17-18-14)9-16-15(2)5-7-19-8-6-15/h3-4,10,16H,5-9H2,1-2H3,(H,17,18). The Bertz CT molecular complexity index is 567. The summed E-state index contributed by atoms with van der Waals surface area (Å²) in [7, 11) is 0. The van der Waals surface area contributed by atoms with Crippen LogP contribution in [0.2, 0.25) is 0 Å². The second-order valence-electron chi connectivity index (χ2n) is 5.71. The van der Waals surface area contributed by atoms with Crippen LogP contribution in [0.15, 0.2) is 22.7 Å². The molecular weight excluding hydrogens is 254 g/mol. The van der Waals surface area contributed by atoms with Crippen molar-refractivity contribution in [3.05, 3.63) is 29.7 Å². The van der Waals surface area contributed by atoms with Crippen LogP contribution in [0.4, 0.5) is 0 Å². The average molecular weight is 275 g/mol. The Morgan fingerprint density at radius 2 is 2.15 bits per heavy atom. The molecule has 0 bridgehead atoms. The summed E-state index contributed by atoms with van der Waals surface area (Å²) in [6.45, 7) is 6.65. The zero-order valence-electron chi connectivity index (χ0n) is 12.0. The number of ether oxygens (including phenoxy) is 1. The van der Waals surface area contributed by atoms with Gasteiger partial charge in [-0.05, 0) is 38.8 Å². The minimum atomic E-state index is 0.145. The van der Waals surface area contributed by atoms with Crippen molar-refractivity contribution in [2.45, 2.75) is 38.8 Å². The fraction of sp³-hybridized carbons (Fsp3) is 0.533. The third-order valence-electron chi connectivity index (χ3n) is 4.01. The molecule has 0 aromatic carbocycles. The molecule has 1 saturated heterocycles. The highest BCUT2D eigenvalue weighted by atomic mass is 16.5. The van der Waals surface area contributed by atoms with Crippen LogP contribution in [-0.4, -0.2) is 29.0 Å². The van der Waals surface area contributed by atoms with Crippen molar-refractivity contribution < 1.29 is 9.15 Å². The van der Waals surface area contributed by atoms with E-state index >= 15 is 0 Å². The predicted molar refractivity (Wildman–Crippen MR) is 76.3 cm³/mol. The molecule has 2 aromatic rings. The molecule has 3 rings (SSSR count). The Kier molecular flexibility index (Phi) is 3.63. The summed E-state index contributed by atoms with van der Waals surface area (Å²) in [4.78, 5) is 0. The Hall–Kier alpha value is -1.59. The lowest BCUT2D eigenvalue weighted by atomic mass is 9.92. The van der Waals surface area contributed by atoms with E-state index in [1.807, 2.05) is 25.3 Å². The summed E-state index contributed by atoms with van der Waals surface area (Å²) in [5.41, 5.74) is 2.24. The molecule has 0 unspecified atom stereocenters. The Morgan fingerprint density at radius 1 is 1.35 bits per heavy atom. The Labute approximate surface area is 118 Å². The Morgan fingerprint density at radius 3 is 2.85 bits per heavy atom. The fourth-order valence-electron chi connectivity index (χ4n) is 2.53. The highest BCUT2D eigenvalue weighted by molar-refractivity contribution is 5.56. The maximum absolute atomic E-state index is 5.67. The molecule has 0 saturated carbocycles. The highest BCUT2D eigenvalue weighted by Gasteiger charge is 2.27. The summed E-state index contributed by atoms with van der Waals surface area (Å²) in [5.74, 6) is 1.75. The van der Waals surface area contributed by atoms with E-state index in [2.05, 4.69) is 22.4 Å². The number of hydrogen-bond acceptors (Lipinski definition) is 4. The second-order valence-corrected chi connectivity index (χ2v) is 5.71. The summed E-state index contributed by atoms with van der Waals surface area (Å²) in [5, 5.41) is 10.8. The number of hydrogen-bond donors (Lipinski definition) is 2. The molecule has 0 radical (unpaired) electrons. The van der Waals surface area contributed by atoms with Crippen LogP contribution < -0.4 is 5.32 Å². The second kappa shape index (κ2) is 5.42. The molecule has 0 atom stereocenters. The van der Waals surface area contributed by atoms with Crippen LogP contribution in [0.3, 0.4) is 0 Å². The van der Waals surface area contributed by atoms with Gasteiger partial charge in [0.05, 0.1) is 6.20 Å². The Balaban J connectivity index is 1.71. The molecule has 0 spiro atoms. The number of nitrogens with zero attached hydrogens (tertiary/aromatic N) is 1. The van der Waals surface area contributed by atoms with Crippen LogP contribution in [0.1, 0.15) is 31.1 Å². The normalized spacial score (nSPS) is 18.3. The number of aromatic nitrogens is 2. The average Bonchev–Trinajstić information content (AvgIpc) is 3.05. The molecular formula is C15H21N3O2. The van der Waals surface area contributed by atoms with E-state index in [-0.39, 0.29) is 5.54 Å². The first-order valence-electron chi connectivity index (χ1n) is 7.08. The first-order chi connectivity index (χ1) is 9.66. The number of rotatable bonds is 4. The van der Waals surface area contributed by atoms with Crippen molar-refractivity contribution in [1.82, 2.24) is 15.5 Å². The first-order valence-corrected chi connectivity index (χ1v) is 7.08. The van der Waals surface area contributed by atoms with E-state index in [4.69, 9.17) is 9.15 Å². The first kappa shape index (κ1) is 13.4. The van der Waals surface area contributed by atoms with Crippen molar-refractivity contribution in [2.24, 2.45) is 0 Å². The van der Waals surface area contributed by atoms with Gasteiger partial charge in [0.1, 0.15) is 11.5 Å². The smallest absolute Gasteiger partial charge is 0.152 e. The minimum Gasteiger partial charge on any atom is -0.460 e. The van der Waals surface area contributed by atoms with Crippen LogP contribution in [0.25, 0.3) is 11.5 Å². The van der Waals surface area contributed by atoms with Crippen LogP contribution in [0, 0.1) is 6.92 Å². The summed E-state index contributed by atoms with van der Waals surface area (Å²) in [6, 6.07) is 3.94. The monoisotopic (exact) mass is 275 g/mol. The van der Waals surface area contributed by atoms with Gasteiger partial charge in [-0.15, -0.1) is 0 Å². The fourth-order valence-corrected chi connectivity index (χ4v) is 2.53. The molecule has 108 valence electrons. The van der Waals surface area contributed by atoms with Crippen molar-refractivity contribution in [3.8, 4) is 11.5 Å². The number of aryl methyl sites for hydroxylation is 1. The van der Waals surface area contributed by atoms with Crippen molar-refractivity contribution in [2.75, 3.05) is 13.2 Å². The molecule has 20 heavy (non-hydrogen) atoms. The van der Waals surface area contributed by atoms with Crippen LogP contribution >= 0.6 is 0 Å². The third kappa shape index (κ3) is 2.78. The number of nitrogens with one attached hydrogen (secondary N) is 2. The van der Waals surface area contributed by atoms with Crippen molar-refractivity contribution in [1.29, 1.82) is 0 Å². The van der Waals surface area contributed by atoms with E-state index in [0.29, 0.717) is 0 Å². The number of H-pyrrole nitrogens is 1. The maximum atomic E-state index is 5.67. The van der Waals surface area contributed by atoms with Gasteiger partial charge in [0.15, 0.2) is 5.76 Å². The molecule has 1 fully saturated rings. The molecule has 2 aromatic heterocycles. The number of aromatic amines is 1. The lowest BCUT2D eigenvalue weighted by molar-refractivity contribution is 0.0446. The quantitative estimate of drug-likeness (QED) is 0.900. The SMILES string of the molecule is Cc1ccc(-c2[nH]ncc2CNC2(C)CCOCC2)o1. The number of furan rings is 1. The highest BCUT2D eigenvalue weighted by Crippen LogP contribution is 2.25. The maximum Gasteiger partial charge on any atom is 0.152 e. The molecule has 1 aliphatic rings. The van der Waals surface area contributed by atoms with E-state index in [0.717, 1.165) is 55.4 Å². The molecule has 2 N–H and O–H groups in total. The zero-order chi connectivity index (χ0) is 14.0. The van der Waals surface area contributed by atoms with E-state index in [1.165, 1.54) is 0 Å². The van der Waals surface area contributed by atoms with Gasteiger partial charge >= 0.3 is 0 Å². The van der Waals surface area contributed by atoms with Gasteiger partial charge in [-0.25, -0.2) is 0 Å². The van der Waals surface area contributed by atoms with Crippen LogP contribution in [-0.2, 0) is 11.3 Å². The third-order valence-corrected chi connectivity index (χ3v) is 4.01. The van der Waals surface area contributed by atoms with Crippen LogP contribution in [0.5, 0.6) is 0 Å². The molecule has 1 aliphatic heterocycles. The lowest BCUT2D eigenvalue weighted by Gasteiger charge is -2.34. The van der Waals surface area contributed by atoms with Gasteiger partial charge in [0.25, 0.3) is 0 Å². The van der Waals surface area contributed by atoms with Gasteiger partial charge in [0.2, 0.25) is 0 Å². The van der Waals surface area contributed by atoms with E-state index < -0.39 is 0 Å². The largest absolute Gasteiger partial charge is 0.460 e. The van der Waals surface area contributed by atoms with E-state index in [1.54, 1.807) is 0 Å². The van der Waals surface area contributed by atoms with Gasteiger partial charge in [-0.2, -0.15) is 5.10 Å². The molecule has 3 heterocycles. The van der Waals surface area contributed by atoms with Gasteiger partial charge in [0, 0.05) is 30.9 Å². The topological polar surface area (TPSA) is 63.1 Å². The minimum absolute atomic E-state index is 0.145. The van der Waals surface area contributed by atoms with Crippen molar-refractivity contribution >= 4 is 0 Å². The predicted octanol–water partition coefficient (Wildman–Crippen LogP) is 2.64. The van der Waals surface area contributed by atoms with Gasteiger partial charge < -0.3 is 14.5 Å². The summed E-state index contributed by atoms with van der Waals surface area (Å²) < 4.78 is 11.1. The van der Waals surface area contributed by atoms with E-state index in [9.17, 15) is 0 Å². The van der Waals surface area contributed by atoms with Gasteiger partial charge in [-0.3, -0.25) is 5.10 Å². The summed E-state index contributed by atoms with van der Waals surface area (Å²) in [6.07, 6.45) is 3.95. The molecule has 5 heteroatoms.